The molecule has 1 aliphatic heterocycles. The van der Waals surface area contributed by atoms with E-state index in [1.165, 1.54) is 0 Å². The van der Waals surface area contributed by atoms with Crippen molar-refractivity contribution in [3.05, 3.63) is 34.9 Å². The number of hydrogen-bond acceptors (Lipinski definition) is 4. The molecule has 1 aromatic carbocycles. The summed E-state index contributed by atoms with van der Waals surface area (Å²) in [5, 5.41) is 10.7. The molecule has 1 aliphatic rings. The first kappa shape index (κ1) is 14.6. The number of carbonyl (C=O) groups is 1. The van der Waals surface area contributed by atoms with Gasteiger partial charge in [-0.05, 0) is 24.3 Å². The lowest BCUT2D eigenvalue weighted by Gasteiger charge is -2.35. The largest absolute Gasteiger partial charge is 0.353 e. The Morgan fingerprint density at radius 2 is 2.00 bits per heavy atom. The standard InChI is InChI=1S/C16H15ClN4O/c1-11(22)20-4-6-21(7-5-20)16-8-12(10-18)14-9-13(17)2-3-15(14)19-16/h2-3,8-9H,4-7H2,1H3. The summed E-state index contributed by atoms with van der Waals surface area (Å²) < 4.78 is 0. The van der Waals surface area contributed by atoms with Crippen molar-refractivity contribution in [2.45, 2.75) is 6.92 Å². The Hall–Kier alpha value is -2.32. The second-order valence-corrected chi connectivity index (χ2v) is 5.73. The molecule has 5 nitrogen and oxygen atoms in total. The Morgan fingerprint density at radius 1 is 1.27 bits per heavy atom. The lowest BCUT2D eigenvalue weighted by molar-refractivity contribution is -0.129. The van der Waals surface area contributed by atoms with Crippen molar-refractivity contribution in [1.82, 2.24) is 9.88 Å². The zero-order chi connectivity index (χ0) is 15.7. The third kappa shape index (κ3) is 2.70. The van der Waals surface area contributed by atoms with Crippen molar-refractivity contribution in [2.75, 3.05) is 31.1 Å². The van der Waals surface area contributed by atoms with Crippen LogP contribution in [-0.4, -0.2) is 42.0 Å². The van der Waals surface area contributed by atoms with Gasteiger partial charge in [0, 0.05) is 43.5 Å². The predicted octanol–water partition coefficient (Wildman–Crippen LogP) is 2.43. The van der Waals surface area contributed by atoms with Gasteiger partial charge in [-0.3, -0.25) is 4.79 Å². The molecule has 1 saturated heterocycles. The molecule has 0 aliphatic carbocycles. The highest BCUT2D eigenvalue weighted by Gasteiger charge is 2.20. The monoisotopic (exact) mass is 314 g/mol. The SMILES string of the molecule is CC(=O)N1CCN(c2cc(C#N)c3cc(Cl)ccc3n2)CC1. The number of nitriles is 1. The van der Waals surface area contributed by atoms with Crippen LogP contribution in [0.1, 0.15) is 12.5 Å². The van der Waals surface area contributed by atoms with Gasteiger partial charge in [-0.1, -0.05) is 11.6 Å². The maximum atomic E-state index is 11.4. The number of carbonyl (C=O) groups excluding carboxylic acids is 1. The molecule has 22 heavy (non-hydrogen) atoms. The zero-order valence-corrected chi connectivity index (χ0v) is 13.0. The number of aromatic nitrogens is 1. The fourth-order valence-corrected chi connectivity index (χ4v) is 2.86. The normalized spacial score (nSPS) is 15.0. The second-order valence-electron chi connectivity index (χ2n) is 5.29. The molecule has 0 spiro atoms. The molecule has 0 unspecified atom stereocenters. The molecule has 0 N–H and O–H groups in total. The average Bonchev–Trinajstić information content (AvgIpc) is 2.54. The van der Waals surface area contributed by atoms with Gasteiger partial charge in [-0.15, -0.1) is 0 Å². The molecule has 1 fully saturated rings. The highest BCUT2D eigenvalue weighted by Crippen LogP contribution is 2.26. The number of rotatable bonds is 1. The van der Waals surface area contributed by atoms with Gasteiger partial charge in [0.05, 0.1) is 17.1 Å². The van der Waals surface area contributed by atoms with Crippen LogP contribution in [0.5, 0.6) is 0 Å². The number of anilines is 1. The van der Waals surface area contributed by atoms with Gasteiger partial charge in [-0.2, -0.15) is 5.26 Å². The van der Waals surface area contributed by atoms with Gasteiger partial charge in [0.1, 0.15) is 5.82 Å². The van der Waals surface area contributed by atoms with E-state index in [0.29, 0.717) is 23.7 Å². The van der Waals surface area contributed by atoms with Gasteiger partial charge in [-0.25, -0.2) is 4.98 Å². The summed E-state index contributed by atoms with van der Waals surface area (Å²) in [6, 6.07) is 9.37. The minimum Gasteiger partial charge on any atom is -0.353 e. The molecule has 112 valence electrons. The Balaban J connectivity index is 1.94. The van der Waals surface area contributed by atoms with Gasteiger partial charge in [0.25, 0.3) is 0 Å². The summed E-state index contributed by atoms with van der Waals surface area (Å²) in [5.41, 5.74) is 1.32. The number of pyridine rings is 1. The van der Waals surface area contributed by atoms with Crippen LogP contribution in [0.3, 0.4) is 0 Å². The number of halogens is 1. The summed E-state index contributed by atoms with van der Waals surface area (Å²) in [4.78, 5) is 19.9. The Morgan fingerprint density at radius 3 is 2.64 bits per heavy atom. The number of hydrogen-bond donors (Lipinski definition) is 0. The van der Waals surface area contributed by atoms with Crippen LogP contribution in [0.4, 0.5) is 5.82 Å². The van der Waals surface area contributed by atoms with Crippen LogP contribution in [0.15, 0.2) is 24.3 Å². The molecule has 0 radical (unpaired) electrons. The van der Waals surface area contributed by atoms with Crippen LogP contribution in [0, 0.1) is 11.3 Å². The van der Waals surface area contributed by atoms with E-state index in [2.05, 4.69) is 16.0 Å². The van der Waals surface area contributed by atoms with Crippen LogP contribution in [0.2, 0.25) is 5.02 Å². The Kier molecular flexibility index (Phi) is 3.86. The predicted molar refractivity (Wildman–Crippen MR) is 85.9 cm³/mol. The van der Waals surface area contributed by atoms with Gasteiger partial charge >= 0.3 is 0 Å². The first-order valence-corrected chi connectivity index (χ1v) is 7.47. The number of benzene rings is 1. The van der Waals surface area contributed by atoms with Crippen molar-refractivity contribution in [2.24, 2.45) is 0 Å². The molecule has 0 bridgehead atoms. The minimum absolute atomic E-state index is 0.0958. The van der Waals surface area contributed by atoms with Crippen LogP contribution < -0.4 is 4.90 Å². The third-order valence-corrected chi connectivity index (χ3v) is 4.16. The van der Waals surface area contributed by atoms with Crippen molar-refractivity contribution < 1.29 is 4.79 Å². The molecular weight excluding hydrogens is 300 g/mol. The highest BCUT2D eigenvalue weighted by atomic mass is 35.5. The van der Waals surface area contributed by atoms with E-state index in [9.17, 15) is 10.1 Å². The topological polar surface area (TPSA) is 60.2 Å². The van der Waals surface area contributed by atoms with E-state index in [4.69, 9.17) is 11.6 Å². The maximum absolute atomic E-state index is 11.4. The molecule has 0 atom stereocenters. The molecule has 1 amide bonds. The second kappa shape index (κ2) is 5.82. The third-order valence-electron chi connectivity index (χ3n) is 3.93. The molecule has 6 heteroatoms. The van der Waals surface area contributed by atoms with Crippen LogP contribution >= 0.6 is 11.6 Å². The quantitative estimate of drug-likeness (QED) is 0.811. The Bertz CT molecular complexity index is 776. The Labute approximate surface area is 133 Å². The van der Waals surface area contributed by atoms with Gasteiger partial charge in [0.15, 0.2) is 0 Å². The van der Waals surface area contributed by atoms with Crippen LogP contribution in [0.25, 0.3) is 10.9 Å². The highest BCUT2D eigenvalue weighted by molar-refractivity contribution is 6.31. The summed E-state index contributed by atoms with van der Waals surface area (Å²) in [6.07, 6.45) is 0. The van der Waals surface area contributed by atoms with E-state index in [0.717, 1.165) is 29.8 Å². The van der Waals surface area contributed by atoms with Crippen molar-refractivity contribution >= 4 is 34.2 Å². The smallest absolute Gasteiger partial charge is 0.219 e. The van der Waals surface area contributed by atoms with E-state index < -0.39 is 0 Å². The van der Waals surface area contributed by atoms with Crippen molar-refractivity contribution in [1.29, 1.82) is 5.26 Å². The lowest BCUT2D eigenvalue weighted by Crippen LogP contribution is -2.48. The van der Waals surface area contributed by atoms with Gasteiger partial charge < -0.3 is 9.80 Å². The molecule has 1 aromatic heterocycles. The lowest BCUT2D eigenvalue weighted by atomic mass is 10.1. The number of nitrogens with zero attached hydrogens (tertiary/aromatic N) is 4. The summed E-state index contributed by atoms with van der Waals surface area (Å²) in [7, 11) is 0. The van der Waals surface area contributed by atoms with E-state index in [1.807, 2.05) is 11.0 Å². The van der Waals surface area contributed by atoms with E-state index >= 15 is 0 Å². The first-order valence-electron chi connectivity index (χ1n) is 7.09. The maximum Gasteiger partial charge on any atom is 0.219 e. The van der Waals surface area contributed by atoms with Crippen LogP contribution in [-0.2, 0) is 4.79 Å². The molecule has 3 rings (SSSR count). The summed E-state index contributed by atoms with van der Waals surface area (Å²) in [5.74, 6) is 0.869. The van der Waals surface area contributed by atoms with Crippen molar-refractivity contribution in [3.8, 4) is 6.07 Å². The first-order chi connectivity index (χ1) is 10.6. The fourth-order valence-electron chi connectivity index (χ4n) is 2.69. The molecule has 0 saturated carbocycles. The van der Waals surface area contributed by atoms with Gasteiger partial charge in [0.2, 0.25) is 5.91 Å². The molecule has 2 aromatic rings. The summed E-state index contributed by atoms with van der Waals surface area (Å²) >= 11 is 6.00. The fraction of sp³-hybridized carbons (Fsp3) is 0.312. The minimum atomic E-state index is 0.0958. The number of piperazine rings is 1. The number of amides is 1. The number of fused-ring (bicyclic) bond motifs is 1. The van der Waals surface area contributed by atoms with Crippen molar-refractivity contribution in [3.63, 3.8) is 0 Å². The van der Waals surface area contributed by atoms with E-state index in [-0.39, 0.29) is 5.91 Å². The zero-order valence-electron chi connectivity index (χ0n) is 12.2. The molecule has 2 heterocycles. The average molecular weight is 315 g/mol. The summed E-state index contributed by atoms with van der Waals surface area (Å²) in [6.45, 7) is 4.38. The van der Waals surface area contributed by atoms with E-state index in [1.54, 1.807) is 25.1 Å². The molecular formula is C16H15ClN4O.